The highest BCUT2D eigenvalue weighted by Gasteiger charge is 2.15. The van der Waals surface area contributed by atoms with E-state index in [0.29, 0.717) is 16.9 Å². The van der Waals surface area contributed by atoms with Crippen LogP contribution in [0.3, 0.4) is 0 Å². The second-order valence-corrected chi connectivity index (χ2v) is 7.66. The number of rotatable bonds is 8. The van der Waals surface area contributed by atoms with E-state index in [-0.39, 0.29) is 22.8 Å². The molecule has 0 fully saturated rings. The summed E-state index contributed by atoms with van der Waals surface area (Å²) in [6.45, 7) is 0. The number of hydrogen-bond acceptors (Lipinski definition) is 5. The number of carboxylic acid groups (broad SMARTS) is 1. The van der Waals surface area contributed by atoms with Crippen LogP contribution >= 0.6 is 11.8 Å². The van der Waals surface area contributed by atoms with E-state index in [2.05, 4.69) is 10.6 Å². The van der Waals surface area contributed by atoms with Gasteiger partial charge in [-0.3, -0.25) is 14.4 Å². The smallest absolute Gasteiger partial charge is 0.336 e. The molecule has 3 rings (SSSR count). The molecule has 3 aromatic rings. The number of aromatic carboxylic acids is 1. The maximum absolute atomic E-state index is 12.4. The number of hydrogen-bond donors (Lipinski definition) is 4. The molecule has 5 N–H and O–H groups in total. The predicted octanol–water partition coefficient (Wildman–Crippen LogP) is 3.47. The van der Waals surface area contributed by atoms with Crippen molar-refractivity contribution in [3.05, 3.63) is 89.5 Å². The van der Waals surface area contributed by atoms with Crippen LogP contribution in [0.2, 0.25) is 0 Å². The fourth-order valence-corrected chi connectivity index (χ4v) is 3.46. The van der Waals surface area contributed by atoms with Gasteiger partial charge in [0.1, 0.15) is 0 Å². The standard InChI is InChI=1S/C23H19N3O5S/c24-21(28)14-5-7-15(8-6-14)25-20(27)13-32-17-11-9-16(10-12-17)26-22(29)18-3-1-2-4-19(18)23(30)31/h1-12H,13H2,(H2,24,28)(H,25,27)(H,26,29)(H,30,31). The number of benzene rings is 3. The van der Waals surface area contributed by atoms with E-state index in [0.717, 1.165) is 4.90 Å². The Morgan fingerprint density at radius 3 is 1.94 bits per heavy atom. The van der Waals surface area contributed by atoms with E-state index in [1.807, 2.05) is 0 Å². The third kappa shape index (κ3) is 5.96. The van der Waals surface area contributed by atoms with E-state index in [1.54, 1.807) is 48.5 Å². The van der Waals surface area contributed by atoms with Crippen molar-refractivity contribution in [1.29, 1.82) is 0 Å². The first-order valence-corrected chi connectivity index (χ1v) is 10.4. The van der Waals surface area contributed by atoms with Crippen molar-refractivity contribution in [2.75, 3.05) is 16.4 Å². The van der Waals surface area contributed by atoms with Crippen LogP contribution in [-0.2, 0) is 4.79 Å². The summed E-state index contributed by atoms with van der Waals surface area (Å²) in [7, 11) is 0. The SMILES string of the molecule is NC(=O)c1ccc(NC(=O)CSc2ccc(NC(=O)c3ccccc3C(=O)O)cc2)cc1. The fraction of sp³-hybridized carbons (Fsp3) is 0.0435. The van der Waals surface area contributed by atoms with Crippen molar-refractivity contribution in [2.45, 2.75) is 4.90 Å². The second-order valence-electron chi connectivity index (χ2n) is 6.61. The Balaban J connectivity index is 1.53. The van der Waals surface area contributed by atoms with Gasteiger partial charge in [0.15, 0.2) is 0 Å². The predicted molar refractivity (Wildman–Crippen MR) is 122 cm³/mol. The molecule has 0 heterocycles. The number of nitrogens with one attached hydrogen (secondary N) is 2. The Morgan fingerprint density at radius 2 is 1.34 bits per heavy atom. The Kier molecular flexibility index (Phi) is 7.25. The average Bonchev–Trinajstić information content (AvgIpc) is 2.79. The van der Waals surface area contributed by atoms with E-state index in [1.165, 1.54) is 36.0 Å². The van der Waals surface area contributed by atoms with Gasteiger partial charge >= 0.3 is 5.97 Å². The first kappa shape index (κ1) is 22.6. The Bertz CT molecular complexity index is 1160. The summed E-state index contributed by atoms with van der Waals surface area (Å²) in [6, 6.07) is 19.1. The van der Waals surface area contributed by atoms with Gasteiger partial charge in [-0.25, -0.2) is 4.79 Å². The molecule has 3 amide bonds. The molecular weight excluding hydrogens is 430 g/mol. The van der Waals surface area contributed by atoms with Crippen molar-refractivity contribution in [3.63, 3.8) is 0 Å². The summed E-state index contributed by atoms with van der Waals surface area (Å²) in [5.74, 6) is -2.29. The highest BCUT2D eigenvalue weighted by molar-refractivity contribution is 8.00. The lowest BCUT2D eigenvalue weighted by Crippen LogP contribution is -2.16. The van der Waals surface area contributed by atoms with Gasteiger partial charge in [-0.05, 0) is 60.7 Å². The third-order valence-electron chi connectivity index (χ3n) is 4.34. The zero-order chi connectivity index (χ0) is 23.1. The number of carbonyl (C=O) groups is 4. The molecule has 9 heteroatoms. The van der Waals surface area contributed by atoms with Crippen molar-refractivity contribution < 1.29 is 24.3 Å². The van der Waals surface area contributed by atoms with Crippen LogP contribution in [0, 0.1) is 0 Å². The molecule has 3 aromatic carbocycles. The van der Waals surface area contributed by atoms with Crippen molar-refractivity contribution >= 4 is 46.8 Å². The first-order chi connectivity index (χ1) is 15.3. The van der Waals surface area contributed by atoms with Crippen molar-refractivity contribution in [1.82, 2.24) is 0 Å². The normalized spacial score (nSPS) is 10.2. The summed E-state index contributed by atoms with van der Waals surface area (Å²) < 4.78 is 0. The zero-order valence-electron chi connectivity index (χ0n) is 16.7. The average molecular weight is 449 g/mol. The molecule has 32 heavy (non-hydrogen) atoms. The van der Waals surface area contributed by atoms with Gasteiger partial charge in [0.05, 0.1) is 16.9 Å². The summed E-state index contributed by atoms with van der Waals surface area (Å²) in [4.78, 5) is 47.7. The van der Waals surface area contributed by atoms with Gasteiger partial charge in [0, 0.05) is 21.8 Å². The zero-order valence-corrected chi connectivity index (χ0v) is 17.5. The lowest BCUT2D eigenvalue weighted by Gasteiger charge is -2.09. The van der Waals surface area contributed by atoms with E-state index in [4.69, 9.17) is 5.73 Å². The lowest BCUT2D eigenvalue weighted by atomic mass is 10.1. The summed E-state index contributed by atoms with van der Waals surface area (Å²) in [6.07, 6.45) is 0. The van der Waals surface area contributed by atoms with Crippen LogP contribution in [0.4, 0.5) is 11.4 Å². The molecule has 0 radical (unpaired) electrons. The Hall–Kier alpha value is -4.11. The first-order valence-electron chi connectivity index (χ1n) is 9.40. The van der Waals surface area contributed by atoms with E-state index in [9.17, 15) is 24.3 Å². The molecular formula is C23H19N3O5S. The number of carboxylic acids is 1. The molecule has 0 aliphatic carbocycles. The van der Waals surface area contributed by atoms with E-state index >= 15 is 0 Å². The van der Waals surface area contributed by atoms with Gasteiger partial charge < -0.3 is 21.5 Å². The quantitative estimate of drug-likeness (QED) is 0.389. The number of anilines is 2. The molecule has 0 spiro atoms. The third-order valence-corrected chi connectivity index (χ3v) is 5.35. The maximum Gasteiger partial charge on any atom is 0.336 e. The summed E-state index contributed by atoms with van der Waals surface area (Å²) in [5.41, 5.74) is 6.59. The highest BCUT2D eigenvalue weighted by atomic mass is 32.2. The molecule has 162 valence electrons. The van der Waals surface area contributed by atoms with Gasteiger partial charge in [0.2, 0.25) is 11.8 Å². The summed E-state index contributed by atoms with van der Waals surface area (Å²) in [5, 5.41) is 14.6. The number of thioether (sulfide) groups is 1. The van der Waals surface area contributed by atoms with Crippen LogP contribution in [0.5, 0.6) is 0 Å². The summed E-state index contributed by atoms with van der Waals surface area (Å²) >= 11 is 1.31. The van der Waals surface area contributed by atoms with Crippen LogP contribution in [-0.4, -0.2) is 34.6 Å². The van der Waals surface area contributed by atoms with Crippen molar-refractivity contribution in [3.8, 4) is 0 Å². The number of carbonyl (C=O) groups excluding carboxylic acids is 3. The van der Waals surface area contributed by atoms with Crippen LogP contribution < -0.4 is 16.4 Å². The van der Waals surface area contributed by atoms with Gasteiger partial charge in [-0.15, -0.1) is 11.8 Å². The Morgan fingerprint density at radius 1 is 0.781 bits per heavy atom. The number of nitrogens with two attached hydrogens (primary N) is 1. The number of amides is 3. The minimum Gasteiger partial charge on any atom is -0.478 e. The second kappa shape index (κ2) is 10.3. The molecule has 0 saturated heterocycles. The molecule has 0 aliphatic rings. The van der Waals surface area contributed by atoms with E-state index < -0.39 is 17.8 Å². The lowest BCUT2D eigenvalue weighted by molar-refractivity contribution is -0.113. The molecule has 0 aliphatic heterocycles. The molecule has 0 unspecified atom stereocenters. The minimum absolute atomic E-state index is 0.0685. The molecule has 0 saturated carbocycles. The topological polar surface area (TPSA) is 139 Å². The maximum atomic E-state index is 12.4. The Labute approximate surface area is 187 Å². The molecule has 0 atom stereocenters. The van der Waals surface area contributed by atoms with Crippen LogP contribution in [0.25, 0.3) is 0 Å². The van der Waals surface area contributed by atoms with Crippen LogP contribution in [0.15, 0.2) is 77.7 Å². The highest BCUT2D eigenvalue weighted by Crippen LogP contribution is 2.21. The molecule has 0 aromatic heterocycles. The molecule has 0 bridgehead atoms. The van der Waals surface area contributed by atoms with Gasteiger partial charge in [-0.1, -0.05) is 12.1 Å². The van der Waals surface area contributed by atoms with Gasteiger partial charge in [-0.2, -0.15) is 0 Å². The molecule has 8 nitrogen and oxygen atoms in total. The van der Waals surface area contributed by atoms with Gasteiger partial charge in [0.25, 0.3) is 5.91 Å². The monoisotopic (exact) mass is 449 g/mol. The minimum atomic E-state index is -1.18. The van der Waals surface area contributed by atoms with Crippen LogP contribution in [0.1, 0.15) is 31.1 Å². The van der Waals surface area contributed by atoms with Crippen molar-refractivity contribution in [2.24, 2.45) is 5.73 Å². The fourth-order valence-electron chi connectivity index (χ4n) is 2.76. The number of primary amides is 1. The largest absolute Gasteiger partial charge is 0.478 e.